The van der Waals surface area contributed by atoms with Crippen LogP contribution in [0.2, 0.25) is 0 Å². The maximum Gasteiger partial charge on any atom is 0.320 e. The first-order chi connectivity index (χ1) is 4.09. The number of aliphatic carboxylic acids is 1. The Morgan fingerprint density at radius 2 is 1.90 bits per heavy atom. The minimum atomic E-state index is -0.785. The normalized spacial score (nSPS) is 12.4. The summed E-state index contributed by atoms with van der Waals surface area (Å²) in [6.07, 6.45) is 0. The van der Waals surface area contributed by atoms with Crippen LogP contribution in [0.1, 0.15) is 13.8 Å². The van der Waals surface area contributed by atoms with Gasteiger partial charge in [0.2, 0.25) is 0 Å². The first-order valence-electron chi connectivity index (χ1n) is 2.99. The van der Waals surface area contributed by atoms with Crippen molar-refractivity contribution in [2.45, 2.75) is 19.9 Å². The number of carbonyl (C=O) groups is 1. The fourth-order valence-electron chi connectivity index (χ4n) is 0.742. The van der Waals surface area contributed by atoms with Crippen LogP contribution in [0, 0.1) is 5.92 Å². The minimum Gasteiger partial charge on any atom is -0.480 e. The number of carboxylic acids is 1. The lowest BCUT2D eigenvalue weighted by atomic mass is 10.1. The van der Waals surface area contributed by atoms with Crippen LogP contribution < -0.4 is 5.32 Å². The second-order valence-electron chi connectivity index (χ2n) is 2.35. The van der Waals surface area contributed by atoms with Gasteiger partial charge >= 0.3 is 5.97 Å². The molecule has 0 aliphatic carbocycles. The summed E-state index contributed by atoms with van der Waals surface area (Å²) in [5, 5.41) is 11.2. The van der Waals surface area contributed by atoms with Gasteiger partial charge in [-0.1, -0.05) is 13.8 Å². The summed E-state index contributed by atoms with van der Waals surface area (Å²) in [6, 6.07) is -0.412. The highest BCUT2D eigenvalue weighted by molar-refractivity contribution is 5.85. The molecule has 0 spiro atoms. The van der Waals surface area contributed by atoms with E-state index in [-0.39, 0.29) is 18.3 Å². The van der Waals surface area contributed by atoms with Crippen molar-refractivity contribution in [1.82, 2.24) is 5.32 Å². The summed E-state index contributed by atoms with van der Waals surface area (Å²) in [7, 11) is 1.65. The molecule has 4 heteroatoms. The largest absolute Gasteiger partial charge is 0.480 e. The van der Waals surface area contributed by atoms with E-state index >= 15 is 0 Å². The molecule has 0 radical (unpaired) electrons. The van der Waals surface area contributed by atoms with Crippen LogP contribution in [0.25, 0.3) is 0 Å². The van der Waals surface area contributed by atoms with Crippen molar-refractivity contribution < 1.29 is 9.90 Å². The molecular formula is C6H14ClNO2. The zero-order chi connectivity index (χ0) is 7.44. The van der Waals surface area contributed by atoms with Gasteiger partial charge < -0.3 is 10.4 Å². The zero-order valence-corrected chi connectivity index (χ0v) is 7.23. The van der Waals surface area contributed by atoms with Crippen LogP contribution in [0.5, 0.6) is 0 Å². The summed E-state index contributed by atoms with van der Waals surface area (Å²) < 4.78 is 0. The van der Waals surface area contributed by atoms with Crippen molar-refractivity contribution in [2.24, 2.45) is 5.92 Å². The molecule has 0 rings (SSSR count). The third-order valence-corrected chi connectivity index (χ3v) is 1.24. The molecule has 0 unspecified atom stereocenters. The van der Waals surface area contributed by atoms with Crippen molar-refractivity contribution in [1.29, 1.82) is 0 Å². The summed E-state index contributed by atoms with van der Waals surface area (Å²) in [5.74, 6) is -0.639. The van der Waals surface area contributed by atoms with Crippen LogP contribution in [-0.2, 0) is 4.79 Å². The van der Waals surface area contributed by atoms with Crippen molar-refractivity contribution >= 4 is 18.4 Å². The first kappa shape index (κ1) is 12.4. The molecule has 0 aromatic carbocycles. The Morgan fingerprint density at radius 3 is 1.90 bits per heavy atom. The Hall–Kier alpha value is -0.280. The molecule has 0 fully saturated rings. The standard InChI is InChI=1S/C6H13NO2.ClH/c1-4(2)5(7-3)6(8)9;/h4-5,7H,1-3H3,(H,8,9);1H/t5-;/m1./s1. The van der Waals surface area contributed by atoms with Crippen LogP contribution in [0.15, 0.2) is 0 Å². The Labute approximate surface area is 67.2 Å². The zero-order valence-electron chi connectivity index (χ0n) is 6.42. The van der Waals surface area contributed by atoms with Crippen molar-refractivity contribution in [3.05, 3.63) is 0 Å². The number of nitrogens with one attached hydrogen (secondary N) is 1. The Kier molecular flexibility index (Phi) is 6.82. The molecule has 0 amide bonds. The molecule has 2 N–H and O–H groups in total. The minimum absolute atomic E-state index is 0. The van der Waals surface area contributed by atoms with Crippen LogP contribution in [0.4, 0.5) is 0 Å². The van der Waals surface area contributed by atoms with Gasteiger partial charge in [0.05, 0.1) is 0 Å². The summed E-state index contributed by atoms with van der Waals surface area (Å²) in [5.41, 5.74) is 0. The summed E-state index contributed by atoms with van der Waals surface area (Å²) >= 11 is 0. The van der Waals surface area contributed by atoms with Crippen LogP contribution in [0.3, 0.4) is 0 Å². The van der Waals surface area contributed by atoms with E-state index in [1.807, 2.05) is 13.8 Å². The second-order valence-corrected chi connectivity index (χ2v) is 2.35. The average molecular weight is 168 g/mol. The number of rotatable bonds is 3. The van der Waals surface area contributed by atoms with Crippen LogP contribution >= 0.6 is 12.4 Å². The second kappa shape index (κ2) is 5.50. The van der Waals surface area contributed by atoms with E-state index in [1.165, 1.54) is 0 Å². The monoisotopic (exact) mass is 167 g/mol. The number of halogens is 1. The van der Waals surface area contributed by atoms with E-state index in [0.29, 0.717) is 0 Å². The van der Waals surface area contributed by atoms with Gasteiger partial charge in [0.1, 0.15) is 6.04 Å². The lowest BCUT2D eigenvalue weighted by Crippen LogP contribution is -2.38. The van der Waals surface area contributed by atoms with E-state index < -0.39 is 12.0 Å². The molecule has 0 bridgehead atoms. The smallest absolute Gasteiger partial charge is 0.320 e. The van der Waals surface area contributed by atoms with Gasteiger partial charge in [0, 0.05) is 0 Å². The van der Waals surface area contributed by atoms with Crippen molar-refractivity contribution in [3.63, 3.8) is 0 Å². The molecule has 0 saturated heterocycles. The van der Waals surface area contributed by atoms with Gasteiger partial charge in [0.25, 0.3) is 0 Å². The van der Waals surface area contributed by atoms with Gasteiger partial charge in [-0.2, -0.15) is 0 Å². The average Bonchev–Trinajstić information content (AvgIpc) is 1.64. The molecule has 1 atom stereocenters. The lowest BCUT2D eigenvalue weighted by Gasteiger charge is -2.13. The number of hydrogen-bond acceptors (Lipinski definition) is 2. The number of carboxylic acid groups (broad SMARTS) is 1. The SMILES string of the molecule is CN[C@@H](C(=O)O)C(C)C.Cl. The molecule has 3 nitrogen and oxygen atoms in total. The highest BCUT2D eigenvalue weighted by Crippen LogP contribution is 1.99. The van der Waals surface area contributed by atoms with Gasteiger partial charge in [-0.3, -0.25) is 4.79 Å². The number of hydrogen-bond donors (Lipinski definition) is 2. The van der Waals surface area contributed by atoms with Crippen LogP contribution in [-0.4, -0.2) is 24.2 Å². The topological polar surface area (TPSA) is 49.3 Å². The van der Waals surface area contributed by atoms with E-state index in [1.54, 1.807) is 7.05 Å². The summed E-state index contributed by atoms with van der Waals surface area (Å²) in [4.78, 5) is 10.3. The Morgan fingerprint density at radius 1 is 1.50 bits per heavy atom. The molecule has 0 heterocycles. The first-order valence-corrected chi connectivity index (χ1v) is 2.99. The predicted octanol–water partition coefficient (Wildman–Crippen LogP) is 0.737. The molecule has 0 aromatic rings. The molecule has 62 valence electrons. The third-order valence-electron chi connectivity index (χ3n) is 1.24. The highest BCUT2D eigenvalue weighted by Gasteiger charge is 2.17. The quantitative estimate of drug-likeness (QED) is 0.652. The van der Waals surface area contributed by atoms with Gasteiger partial charge in [0.15, 0.2) is 0 Å². The maximum atomic E-state index is 10.3. The van der Waals surface area contributed by atoms with Gasteiger partial charge in [-0.25, -0.2) is 0 Å². The maximum absolute atomic E-state index is 10.3. The Balaban J connectivity index is 0. The van der Waals surface area contributed by atoms with Gasteiger partial charge in [-0.05, 0) is 13.0 Å². The fourth-order valence-corrected chi connectivity index (χ4v) is 0.742. The van der Waals surface area contributed by atoms with E-state index in [2.05, 4.69) is 5.32 Å². The van der Waals surface area contributed by atoms with E-state index in [9.17, 15) is 4.79 Å². The molecule has 0 aromatic heterocycles. The molecule has 10 heavy (non-hydrogen) atoms. The highest BCUT2D eigenvalue weighted by atomic mass is 35.5. The lowest BCUT2D eigenvalue weighted by molar-refractivity contribution is -0.140. The van der Waals surface area contributed by atoms with E-state index in [0.717, 1.165) is 0 Å². The van der Waals surface area contributed by atoms with E-state index in [4.69, 9.17) is 5.11 Å². The number of likely N-dealkylation sites (N-methyl/N-ethyl adjacent to an activating group) is 1. The molecule has 0 aliphatic rings. The fraction of sp³-hybridized carbons (Fsp3) is 0.833. The van der Waals surface area contributed by atoms with Crippen molar-refractivity contribution in [3.8, 4) is 0 Å². The molecule has 0 saturated carbocycles. The van der Waals surface area contributed by atoms with Gasteiger partial charge in [-0.15, -0.1) is 12.4 Å². The van der Waals surface area contributed by atoms with Crippen molar-refractivity contribution in [2.75, 3.05) is 7.05 Å². The molecular weight excluding hydrogens is 154 g/mol. The third kappa shape index (κ3) is 3.69. The Bertz CT molecular complexity index is 106. The molecule has 0 aliphatic heterocycles. The summed E-state index contributed by atoms with van der Waals surface area (Å²) in [6.45, 7) is 3.74. The predicted molar refractivity (Wildman–Crippen MR) is 42.6 cm³/mol.